The van der Waals surface area contributed by atoms with Crippen LogP contribution in [0.5, 0.6) is 0 Å². The maximum absolute atomic E-state index is 14.3. The molecule has 0 bridgehead atoms. The van der Waals surface area contributed by atoms with Gasteiger partial charge in [-0.1, -0.05) is 157 Å². The smallest absolute Gasteiger partial charge is 0.356 e. The minimum absolute atomic E-state index is 0.0409. The third-order valence-electron chi connectivity index (χ3n) is 9.89. The SMILES string of the molecule is Nc1nc(/C(=N/OC(c2ccccc2)(c2ccccc2)c2ccccc2)C(=O)N[C@@H]2C(=O)N3C(C(=O)OC(c4ccccc4)c4ccccc4)=C(C=O)CS(=O)[C@H]23)ns1. The summed E-state index contributed by atoms with van der Waals surface area (Å²) >= 11 is 0.824. The van der Waals surface area contributed by atoms with E-state index in [1.54, 1.807) is 48.5 Å². The van der Waals surface area contributed by atoms with Crippen molar-refractivity contribution in [1.29, 1.82) is 0 Å². The van der Waals surface area contributed by atoms with Crippen LogP contribution in [0.4, 0.5) is 5.13 Å². The molecule has 294 valence electrons. The number of oxime groups is 1. The van der Waals surface area contributed by atoms with Crippen LogP contribution in [0.3, 0.4) is 0 Å². The summed E-state index contributed by atoms with van der Waals surface area (Å²) in [5.41, 5.74) is 6.99. The van der Waals surface area contributed by atoms with E-state index in [9.17, 15) is 23.4 Å². The van der Waals surface area contributed by atoms with E-state index in [0.717, 1.165) is 16.4 Å². The lowest BCUT2D eigenvalue weighted by Crippen LogP contribution is -2.74. The van der Waals surface area contributed by atoms with Crippen LogP contribution >= 0.6 is 11.5 Å². The summed E-state index contributed by atoms with van der Waals surface area (Å²) in [7, 11) is -1.92. The molecule has 2 aliphatic heterocycles. The predicted octanol–water partition coefficient (Wildman–Crippen LogP) is 5.03. The van der Waals surface area contributed by atoms with E-state index in [0.29, 0.717) is 34.1 Å². The summed E-state index contributed by atoms with van der Waals surface area (Å²) in [5, 5.41) is 5.87. The lowest BCUT2D eigenvalue weighted by atomic mass is 9.80. The second-order valence-electron chi connectivity index (χ2n) is 13.4. The number of fused-ring (bicyclic) bond motifs is 1. The zero-order valence-corrected chi connectivity index (χ0v) is 32.6. The molecule has 0 spiro atoms. The number of anilines is 1. The highest BCUT2D eigenvalue weighted by atomic mass is 32.2. The Labute approximate surface area is 344 Å². The molecule has 6 aromatic rings. The van der Waals surface area contributed by atoms with Crippen LogP contribution in [0.15, 0.2) is 168 Å². The van der Waals surface area contributed by atoms with Crippen molar-refractivity contribution < 1.29 is 33.0 Å². The van der Waals surface area contributed by atoms with Crippen molar-refractivity contribution >= 4 is 57.2 Å². The van der Waals surface area contributed by atoms with Gasteiger partial charge >= 0.3 is 5.97 Å². The van der Waals surface area contributed by atoms with Crippen LogP contribution in [0.1, 0.15) is 39.7 Å². The maximum atomic E-state index is 14.3. The third kappa shape index (κ3) is 7.44. The number of nitrogen functional groups attached to an aromatic ring is 1. The number of ether oxygens (including phenoxy) is 1. The number of nitrogens with one attached hydrogen (secondary N) is 1. The summed E-state index contributed by atoms with van der Waals surface area (Å²) in [6.45, 7) is 0. The molecule has 3 heterocycles. The number of benzene rings is 5. The Morgan fingerprint density at radius 1 is 0.831 bits per heavy atom. The number of esters is 1. The number of aromatic nitrogens is 2. The van der Waals surface area contributed by atoms with E-state index in [4.69, 9.17) is 15.3 Å². The van der Waals surface area contributed by atoms with Gasteiger partial charge in [0.2, 0.25) is 17.1 Å². The van der Waals surface area contributed by atoms with E-state index in [-0.39, 0.29) is 28.0 Å². The molecule has 3 N–H and O–H groups in total. The van der Waals surface area contributed by atoms with Crippen LogP contribution in [0.25, 0.3) is 0 Å². The van der Waals surface area contributed by atoms with Crippen molar-refractivity contribution in [3.8, 4) is 0 Å². The average Bonchev–Trinajstić information content (AvgIpc) is 3.72. The molecule has 0 radical (unpaired) electrons. The van der Waals surface area contributed by atoms with Gasteiger partial charge in [-0.2, -0.15) is 9.36 Å². The third-order valence-corrected chi connectivity index (χ3v) is 12.1. The molecule has 13 nitrogen and oxygen atoms in total. The summed E-state index contributed by atoms with van der Waals surface area (Å²) in [4.78, 5) is 66.4. The van der Waals surface area contributed by atoms with Gasteiger partial charge in [0.15, 0.2) is 11.2 Å². The predicted molar refractivity (Wildman–Crippen MR) is 221 cm³/mol. The Morgan fingerprint density at radius 2 is 1.32 bits per heavy atom. The van der Waals surface area contributed by atoms with Gasteiger partial charge in [0.1, 0.15) is 23.4 Å². The van der Waals surface area contributed by atoms with Crippen molar-refractivity contribution in [2.75, 3.05) is 11.5 Å². The molecule has 1 saturated heterocycles. The standard InChI is InChI=1S/C44H34N6O7S2/c45-43-47-38(49-58-43)34(48-57-44(31-20-10-3-11-21-31,32-22-12-4-13-23-32)33-24-14-5-15-25-33)39(52)46-35-40(53)50-36(30(26-51)27-59(55)41(35)50)42(54)56-37(28-16-6-1-7-17-28)29-18-8-2-9-19-29/h1-26,35,37,41H,27H2,(H,46,52)(H2,45,47,49)/b48-34-/t35-,41-,59?/m1/s1. The molecule has 15 heteroatoms. The van der Waals surface area contributed by atoms with E-state index >= 15 is 0 Å². The first kappa shape index (κ1) is 38.8. The van der Waals surface area contributed by atoms with Crippen LogP contribution in [0, 0.1) is 0 Å². The molecule has 1 aromatic heterocycles. The first-order valence-corrected chi connectivity index (χ1v) is 20.5. The van der Waals surface area contributed by atoms with E-state index in [2.05, 4.69) is 19.8 Å². The number of amides is 2. The van der Waals surface area contributed by atoms with Gasteiger partial charge in [-0.05, 0) is 11.1 Å². The second kappa shape index (κ2) is 16.8. The van der Waals surface area contributed by atoms with Crippen molar-refractivity contribution in [1.82, 2.24) is 19.6 Å². The zero-order chi connectivity index (χ0) is 40.9. The lowest BCUT2D eigenvalue weighted by molar-refractivity contribution is -0.154. The van der Waals surface area contributed by atoms with E-state index in [1.807, 2.05) is 103 Å². The van der Waals surface area contributed by atoms with Gasteiger partial charge in [-0.15, -0.1) is 0 Å². The topological polar surface area (TPSA) is 183 Å². The minimum Gasteiger partial charge on any atom is -0.448 e. The fraction of sp³-hybridized carbons (Fsp3) is 0.114. The Hall–Kier alpha value is -7.10. The highest BCUT2D eigenvalue weighted by Crippen LogP contribution is 2.41. The highest BCUT2D eigenvalue weighted by molar-refractivity contribution is 7.86. The van der Waals surface area contributed by atoms with Gasteiger partial charge in [-0.25, -0.2) is 4.79 Å². The van der Waals surface area contributed by atoms with Crippen LogP contribution in [-0.4, -0.2) is 65.4 Å². The van der Waals surface area contributed by atoms with Crippen molar-refractivity contribution in [3.05, 3.63) is 197 Å². The van der Waals surface area contributed by atoms with Gasteiger partial charge in [0.05, 0.1) is 16.6 Å². The van der Waals surface area contributed by atoms with Gasteiger partial charge in [0, 0.05) is 33.8 Å². The Balaban J connectivity index is 1.12. The Kier molecular flexibility index (Phi) is 11.0. The zero-order valence-electron chi connectivity index (χ0n) is 31.0. The number of carbonyl (C=O) groups excluding carboxylic acids is 4. The number of hydrogen-bond acceptors (Lipinski definition) is 12. The first-order valence-electron chi connectivity index (χ1n) is 18.3. The molecule has 8 rings (SSSR count). The number of β-lactam (4-membered cyclic amide) rings is 1. The van der Waals surface area contributed by atoms with Gasteiger partial charge in [-0.3, -0.25) is 23.5 Å². The molecule has 0 aliphatic carbocycles. The van der Waals surface area contributed by atoms with Crippen molar-refractivity contribution in [2.24, 2.45) is 5.16 Å². The van der Waals surface area contributed by atoms with Gasteiger partial charge in [0.25, 0.3) is 11.8 Å². The molecule has 1 fully saturated rings. The molecule has 5 aromatic carbocycles. The molecule has 3 atom stereocenters. The summed E-state index contributed by atoms with van der Waals surface area (Å²) in [5.74, 6) is -3.25. The molecular weight excluding hydrogens is 789 g/mol. The number of nitrogens with zero attached hydrogens (tertiary/aromatic N) is 4. The Bertz CT molecular complexity index is 2460. The summed E-state index contributed by atoms with van der Waals surface area (Å²) in [6.07, 6.45) is -0.502. The van der Waals surface area contributed by atoms with E-state index in [1.165, 1.54) is 0 Å². The summed E-state index contributed by atoms with van der Waals surface area (Å²) in [6, 6.07) is 44.6. The first-order chi connectivity index (χ1) is 28.8. The number of aldehydes is 1. The quantitative estimate of drug-likeness (QED) is 0.0400. The summed E-state index contributed by atoms with van der Waals surface area (Å²) < 4.78 is 23.9. The molecule has 2 amide bonds. The number of carbonyl (C=O) groups is 4. The number of rotatable bonds is 13. The fourth-order valence-electron chi connectivity index (χ4n) is 7.15. The fourth-order valence-corrected chi connectivity index (χ4v) is 9.20. The normalized spacial score (nSPS) is 17.8. The highest BCUT2D eigenvalue weighted by Gasteiger charge is 2.58. The largest absolute Gasteiger partial charge is 0.448 e. The van der Waals surface area contributed by atoms with Crippen molar-refractivity contribution in [3.63, 3.8) is 0 Å². The number of hydrogen-bond donors (Lipinski definition) is 2. The lowest BCUT2D eigenvalue weighted by Gasteiger charge is -2.48. The maximum Gasteiger partial charge on any atom is 0.356 e. The average molecular weight is 823 g/mol. The van der Waals surface area contributed by atoms with Crippen LogP contribution in [0.2, 0.25) is 0 Å². The molecule has 0 saturated carbocycles. The molecular formula is C44H34N6O7S2. The molecule has 1 unspecified atom stereocenters. The minimum atomic E-state index is -1.92. The number of nitrogens with two attached hydrogens (primary N) is 1. The van der Waals surface area contributed by atoms with Crippen molar-refractivity contribution in [2.45, 2.75) is 23.1 Å². The monoisotopic (exact) mass is 822 g/mol. The van der Waals surface area contributed by atoms with Crippen LogP contribution < -0.4 is 11.1 Å². The van der Waals surface area contributed by atoms with Gasteiger partial charge < -0.3 is 20.6 Å². The molecule has 59 heavy (non-hydrogen) atoms. The Morgan fingerprint density at radius 3 is 1.78 bits per heavy atom. The molecule has 2 aliphatic rings. The second-order valence-corrected chi connectivity index (χ2v) is 15.8. The van der Waals surface area contributed by atoms with E-state index < -0.39 is 57.4 Å². The van der Waals surface area contributed by atoms with Crippen LogP contribution in [-0.2, 0) is 45.2 Å².